The normalized spacial score (nSPS) is 13.4. The molecule has 2 atom stereocenters. The van der Waals surface area contributed by atoms with Crippen LogP contribution < -0.4 is 5.32 Å². The molecule has 0 heterocycles. The number of carbonyl (C=O) groups excluding carboxylic acids is 2. The maximum Gasteiger partial charge on any atom is 0.407 e. The van der Waals surface area contributed by atoms with E-state index in [1.54, 1.807) is 20.8 Å². The van der Waals surface area contributed by atoms with Gasteiger partial charge in [-0.05, 0) is 32.9 Å². The number of hydrogen-bond acceptors (Lipinski definition) is 7. The zero-order valence-corrected chi connectivity index (χ0v) is 15.1. The van der Waals surface area contributed by atoms with E-state index in [9.17, 15) is 23.9 Å². The number of nitro groups is 1. The van der Waals surface area contributed by atoms with Crippen LogP contribution in [0.1, 0.15) is 20.8 Å². The summed E-state index contributed by atoms with van der Waals surface area (Å²) in [5.74, 6) is -0.784. The Morgan fingerprint density at radius 1 is 1.28 bits per heavy atom. The van der Waals surface area contributed by atoms with Crippen LogP contribution in [0.4, 0.5) is 10.5 Å². The molecule has 138 valence electrons. The summed E-state index contributed by atoms with van der Waals surface area (Å²) in [5.41, 5.74) is -0.884. The van der Waals surface area contributed by atoms with Crippen LogP contribution in [-0.2, 0) is 25.1 Å². The molecule has 0 aliphatic rings. The molecule has 0 spiro atoms. The van der Waals surface area contributed by atoms with Crippen molar-refractivity contribution in [1.29, 1.82) is 0 Å². The molecular formula is C15H20N2O7S. The van der Waals surface area contributed by atoms with E-state index in [1.165, 1.54) is 24.3 Å². The van der Waals surface area contributed by atoms with Crippen LogP contribution in [0.25, 0.3) is 0 Å². The first-order valence-corrected chi connectivity index (χ1v) is 8.46. The lowest BCUT2D eigenvalue weighted by molar-refractivity contribution is -0.384. The van der Waals surface area contributed by atoms with Gasteiger partial charge in [0.05, 0.1) is 22.8 Å². The van der Waals surface area contributed by atoms with Gasteiger partial charge in [0, 0.05) is 23.6 Å². The van der Waals surface area contributed by atoms with E-state index in [1.807, 2.05) is 0 Å². The van der Waals surface area contributed by atoms with Gasteiger partial charge in [-0.15, -0.1) is 0 Å². The van der Waals surface area contributed by atoms with Crippen LogP contribution in [0.15, 0.2) is 29.2 Å². The molecule has 0 saturated carbocycles. The molecule has 1 rings (SSSR count). The number of alkyl carbamates (subject to hydrolysis) is 1. The molecule has 10 heteroatoms. The summed E-state index contributed by atoms with van der Waals surface area (Å²) in [6, 6.07) is 4.95. The van der Waals surface area contributed by atoms with E-state index >= 15 is 0 Å². The van der Waals surface area contributed by atoms with Crippen LogP contribution in [0.5, 0.6) is 0 Å². The Hall–Kier alpha value is -2.49. The number of rotatable bonds is 6. The number of nitro benzene ring substituents is 1. The molecule has 0 aliphatic carbocycles. The number of hydrogen-bond donors (Lipinski definition) is 1. The SMILES string of the molecule is COC(=O)C(CNC(=O)OC(C)(C)C)S(=O)c1ccc([N+](=O)[O-])cc1. The number of ether oxygens (including phenoxy) is 2. The Balaban J connectivity index is 2.87. The summed E-state index contributed by atoms with van der Waals surface area (Å²) in [6.45, 7) is 4.77. The average molecular weight is 372 g/mol. The van der Waals surface area contributed by atoms with Crippen LogP contribution >= 0.6 is 0 Å². The van der Waals surface area contributed by atoms with Gasteiger partial charge in [0.25, 0.3) is 5.69 Å². The number of benzene rings is 1. The standard InChI is InChI=1S/C15H20N2O7S/c1-15(2,3)24-14(19)16-9-12(13(18)23-4)25(22)11-7-5-10(6-8-11)17(20)21/h5-8,12H,9H2,1-4H3,(H,16,19). The van der Waals surface area contributed by atoms with E-state index in [2.05, 4.69) is 10.1 Å². The molecule has 9 nitrogen and oxygen atoms in total. The molecule has 0 saturated heterocycles. The first kappa shape index (κ1) is 20.6. The molecule has 1 N–H and O–H groups in total. The molecular weight excluding hydrogens is 352 g/mol. The van der Waals surface area contributed by atoms with Crippen molar-refractivity contribution in [2.75, 3.05) is 13.7 Å². The van der Waals surface area contributed by atoms with Crippen LogP contribution in [0.2, 0.25) is 0 Å². The second-order valence-corrected chi connectivity index (χ2v) is 7.58. The van der Waals surface area contributed by atoms with Crippen LogP contribution in [0, 0.1) is 10.1 Å². The summed E-state index contributed by atoms with van der Waals surface area (Å²) >= 11 is 0. The van der Waals surface area contributed by atoms with E-state index in [-0.39, 0.29) is 17.1 Å². The number of nitrogens with zero attached hydrogens (tertiary/aromatic N) is 1. The van der Waals surface area contributed by atoms with Gasteiger partial charge in [0.1, 0.15) is 5.60 Å². The molecule has 0 bridgehead atoms. The fraction of sp³-hybridized carbons (Fsp3) is 0.467. The Bertz CT molecular complexity index is 667. The Morgan fingerprint density at radius 2 is 1.84 bits per heavy atom. The molecule has 1 aromatic carbocycles. The first-order valence-electron chi connectivity index (χ1n) is 7.25. The lowest BCUT2D eigenvalue weighted by Gasteiger charge is -2.21. The lowest BCUT2D eigenvalue weighted by Crippen LogP contribution is -2.42. The van der Waals surface area contributed by atoms with Crippen molar-refractivity contribution in [3.63, 3.8) is 0 Å². The van der Waals surface area contributed by atoms with Crippen molar-refractivity contribution >= 4 is 28.5 Å². The van der Waals surface area contributed by atoms with Gasteiger partial charge in [-0.1, -0.05) is 0 Å². The quantitative estimate of drug-likeness (QED) is 0.458. The fourth-order valence-corrected chi connectivity index (χ4v) is 2.97. The van der Waals surface area contributed by atoms with E-state index < -0.39 is 38.6 Å². The van der Waals surface area contributed by atoms with Gasteiger partial charge in [0.2, 0.25) is 0 Å². The van der Waals surface area contributed by atoms with E-state index in [0.717, 1.165) is 7.11 Å². The minimum absolute atomic E-state index is 0.165. The molecule has 1 aromatic rings. The molecule has 0 aliphatic heterocycles. The van der Waals surface area contributed by atoms with Gasteiger partial charge >= 0.3 is 12.1 Å². The number of amides is 1. The number of methoxy groups -OCH3 is 1. The Kier molecular flexibility index (Phi) is 7.04. The summed E-state index contributed by atoms with van der Waals surface area (Å²) in [4.78, 5) is 33.8. The van der Waals surface area contributed by atoms with Crippen LogP contribution in [0.3, 0.4) is 0 Å². The van der Waals surface area contributed by atoms with Crippen molar-refractivity contribution in [2.24, 2.45) is 0 Å². The highest BCUT2D eigenvalue weighted by Crippen LogP contribution is 2.17. The number of carbonyl (C=O) groups is 2. The van der Waals surface area contributed by atoms with Crippen molar-refractivity contribution in [1.82, 2.24) is 5.32 Å². The molecule has 25 heavy (non-hydrogen) atoms. The van der Waals surface area contributed by atoms with E-state index in [4.69, 9.17) is 4.74 Å². The zero-order chi connectivity index (χ0) is 19.2. The van der Waals surface area contributed by atoms with Gasteiger partial charge in [-0.25, -0.2) is 4.79 Å². The highest BCUT2D eigenvalue weighted by atomic mass is 32.2. The predicted octanol–water partition coefficient (Wildman–Crippen LogP) is 1.77. The topological polar surface area (TPSA) is 125 Å². The second-order valence-electron chi connectivity index (χ2n) is 5.94. The van der Waals surface area contributed by atoms with Gasteiger partial charge in [0.15, 0.2) is 5.25 Å². The van der Waals surface area contributed by atoms with Crippen molar-refractivity contribution in [2.45, 2.75) is 36.5 Å². The predicted molar refractivity (Wildman–Crippen MR) is 89.5 cm³/mol. The minimum Gasteiger partial charge on any atom is -0.468 e. The summed E-state index contributed by atoms with van der Waals surface area (Å²) < 4.78 is 22.2. The third-order valence-electron chi connectivity index (χ3n) is 2.83. The summed E-state index contributed by atoms with van der Waals surface area (Å²) in [6.07, 6.45) is -0.762. The number of non-ortho nitro benzene ring substituents is 1. The molecule has 0 aromatic heterocycles. The molecule has 0 fully saturated rings. The Labute approximate surface area is 147 Å². The average Bonchev–Trinajstić information content (AvgIpc) is 2.52. The van der Waals surface area contributed by atoms with Crippen molar-refractivity contribution in [3.05, 3.63) is 34.4 Å². The summed E-state index contributed by atoms with van der Waals surface area (Å²) in [7, 11) is -0.745. The van der Waals surface area contributed by atoms with Crippen LogP contribution in [-0.4, -0.2) is 45.7 Å². The largest absolute Gasteiger partial charge is 0.468 e. The minimum atomic E-state index is -1.88. The third kappa shape index (κ3) is 6.49. The number of nitrogens with one attached hydrogen (secondary N) is 1. The first-order chi connectivity index (χ1) is 11.5. The molecule has 0 radical (unpaired) electrons. The lowest BCUT2D eigenvalue weighted by atomic mass is 10.2. The molecule has 1 amide bonds. The van der Waals surface area contributed by atoms with Crippen molar-refractivity contribution in [3.8, 4) is 0 Å². The Morgan fingerprint density at radius 3 is 2.28 bits per heavy atom. The fourth-order valence-electron chi connectivity index (χ4n) is 1.73. The van der Waals surface area contributed by atoms with Gasteiger partial charge in [-0.2, -0.15) is 0 Å². The maximum atomic E-state index is 12.6. The second kappa shape index (κ2) is 8.56. The third-order valence-corrected chi connectivity index (χ3v) is 4.45. The highest BCUT2D eigenvalue weighted by molar-refractivity contribution is 7.86. The van der Waals surface area contributed by atoms with E-state index in [0.29, 0.717) is 0 Å². The smallest absolute Gasteiger partial charge is 0.407 e. The maximum absolute atomic E-state index is 12.6. The summed E-state index contributed by atoms with van der Waals surface area (Å²) in [5, 5.41) is 11.8. The van der Waals surface area contributed by atoms with Gasteiger partial charge < -0.3 is 14.8 Å². The number of esters is 1. The molecule has 2 unspecified atom stereocenters. The van der Waals surface area contributed by atoms with Crippen molar-refractivity contribution < 1.29 is 28.2 Å². The highest BCUT2D eigenvalue weighted by Gasteiger charge is 2.29. The zero-order valence-electron chi connectivity index (χ0n) is 14.3. The van der Waals surface area contributed by atoms with Gasteiger partial charge in [-0.3, -0.25) is 19.1 Å². The monoisotopic (exact) mass is 372 g/mol.